The Kier molecular flexibility index (Phi) is 4.40. The fraction of sp³-hybridized carbons (Fsp3) is 0.500. The van der Waals surface area contributed by atoms with Crippen LogP contribution >= 0.6 is 0 Å². The number of likely N-dealkylation sites (tertiary alicyclic amines) is 1. The van der Waals surface area contributed by atoms with Crippen molar-refractivity contribution in [2.24, 2.45) is 5.92 Å². The molecule has 2 aliphatic heterocycles. The van der Waals surface area contributed by atoms with E-state index >= 15 is 0 Å². The van der Waals surface area contributed by atoms with Gasteiger partial charge in [0.05, 0.1) is 13.0 Å². The van der Waals surface area contributed by atoms with E-state index in [0.717, 1.165) is 36.4 Å². The molecule has 1 saturated heterocycles. The second-order valence-corrected chi connectivity index (χ2v) is 6.87. The Bertz CT molecular complexity index is 859. The molecule has 8 nitrogen and oxygen atoms in total. The van der Waals surface area contributed by atoms with E-state index in [-0.39, 0.29) is 23.4 Å². The van der Waals surface area contributed by atoms with Gasteiger partial charge in [-0.05, 0) is 43.0 Å². The molecular weight excluding hydrogens is 336 g/mol. The van der Waals surface area contributed by atoms with Gasteiger partial charge in [0.2, 0.25) is 5.91 Å². The molecule has 138 valence electrons. The van der Waals surface area contributed by atoms with Crippen molar-refractivity contribution in [1.29, 1.82) is 0 Å². The van der Waals surface area contributed by atoms with E-state index in [4.69, 9.17) is 9.47 Å². The summed E-state index contributed by atoms with van der Waals surface area (Å²) >= 11 is 0. The van der Waals surface area contributed by atoms with E-state index in [1.807, 2.05) is 23.1 Å². The normalized spacial score (nSPS) is 22.4. The summed E-state index contributed by atoms with van der Waals surface area (Å²) in [6, 6.07) is 5.68. The predicted molar refractivity (Wildman–Crippen MR) is 93.4 cm³/mol. The van der Waals surface area contributed by atoms with Gasteiger partial charge < -0.3 is 14.4 Å². The van der Waals surface area contributed by atoms with Crippen LogP contribution in [0.5, 0.6) is 11.5 Å². The van der Waals surface area contributed by atoms with E-state index < -0.39 is 0 Å². The first-order valence-electron chi connectivity index (χ1n) is 8.87. The van der Waals surface area contributed by atoms with Crippen LogP contribution in [0.1, 0.15) is 30.1 Å². The van der Waals surface area contributed by atoms with Crippen molar-refractivity contribution in [3.05, 3.63) is 40.1 Å². The number of carbonyl (C=O) groups is 1. The number of rotatable bonds is 3. The highest BCUT2D eigenvalue weighted by molar-refractivity contribution is 5.80. The van der Waals surface area contributed by atoms with Gasteiger partial charge in [-0.25, -0.2) is 9.89 Å². The number of piperidine rings is 1. The standard InChI is InChI=1S/C18H22N4O4/c1-25-14-4-5-15-12(8-14)7-13(10-26-15)17(23)22-6-2-3-11(9-22)16-19-18(24)21-20-16/h4-5,8,11,13H,2-3,6-7,9-10H2,1H3,(H2,19,20,21,24). The van der Waals surface area contributed by atoms with Crippen LogP contribution in [0, 0.1) is 5.92 Å². The number of methoxy groups -OCH3 is 1. The number of benzene rings is 1. The summed E-state index contributed by atoms with van der Waals surface area (Å²) in [5.74, 6) is 2.17. The molecule has 2 atom stereocenters. The Hall–Kier alpha value is -2.77. The molecule has 0 spiro atoms. The first kappa shape index (κ1) is 16.7. The van der Waals surface area contributed by atoms with Gasteiger partial charge in [-0.2, -0.15) is 5.10 Å². The zero-order valence-corrected chi connectivity index (χ0v) is 14.7. The maximum atomic E-state index is 13.0. The van der Waals surface area contributed by atoms with Gasteiger partial charge in [0.1, 0.15) is 23.9 Å². The highest BCUT2D eigenvalue weighted by Crippen LogP contribution is 2.32. The van der Waals surface area contributed by atoms with Gasteiger partial charge in [-0.15, -0.1) is 0 Å². The molecule has 0 aliphatic carbocycles. The minimum absolute atomic E-state index is 0.0588. The van der Waals surface area contributed by atoms with Crippen LogP contribution in [-0.2, 0) is 11.2 Å². The predicted octanol–water partition coefficient (Wildman–Crippen LogP) is 1.06. The second-order valence-electron chi connectivity index (χ2n) is 6.87. The zero-order valence-electron chi connectivity index (χ0n) is 14.7. The Balaban J connectivity index is 1.46. The molecule has 4 rings (SSSR count). The van der Waals surface area contributed by atoms with Crippen LogP contribution < -0.4 is 15.2 Å². The van der Waals surface area contributed by atoms with Crippen molar-refractivity contribution in [2.45, 2.75) is 25.2 Å². The molecule has 1 fully saturated rings. The minimum atomic E-state index is -0.310. The zero-order chi connectivity index (χ0) is 18.1. The summed E-state index contributed by atoms with van der Waals surface area (Å²) in [5.41, 5.74) is 0.689. The lowest BCUT2D eigenvalue weighted by Crippen LogP contribution is -2.45. The fourth-order valence-electron chi connectivity index (χ4n) is 3.79. The Morgan fingerprint density at radius 3 is 3.08 bits per heavy atom. The van der Waals surface area contributed by atoms with Crippen molar-refractivity contribution < 1.29 is 14.3 Å². The van der Waals surface area contributed by atoms with Gasteiger partial charge >= 0.3 is 5.69 Å². The van der Waals surface area contributed by atoms with Gasteiger partial charge in [0.25, 0.3) is 0 Å². The number of nitrogens with one attached hydrogen (secondary N) is 2. The number of amides is 1. The van der Waals surface area contributed by atoms with Crippen molar-refractivity contribution in [2.75, 3.05) is 26.8 Å². The van der Waals surface area contributed by atoms with E-state index in [1.165, 1.54) is 0 Å². The van der Waals surface area contributed by atoms with Crippen molar-refractivity contribution in [3.63, 3.8) is 0 Å². The molecule has 2 N–H and O–H groups in total. The first-order chi connectivity index (χ1) is 12.6. The third-order valence-corrected chi connectivity index (χ3v) is 5.16. The first-order valence-corrected chi connectivity index (χ1v) is 8.87. The molecule has 3 heterocycles. The molecule has 0 radical (unpaired) electrons. The van der Waals surface area contributed by atoms with E-state index in [9.17, 15) is 9.59 Å². The van der Waals surface area contributed by atoms with Crippen LogP contribution in [0.25, 0.3) is 0 Å². The summed E-state index contributed by atoms with van der Waals surface area (Å²) in [4.78, 5) is 28.9. The SMILES string of the molecule is COc1ccc2c(c1)CC(C(=O)N1CCCC(c3n[nH]c(=O)[nH]3)C1)CO2. The number of fused-ring (bicyclic) bond motifs is 1. The van der Waals surface area contributed by atoms with Crippen LogP contribution in [-0.4, -0.2) is 52.8 Å². The lowest BCUT2D eigenvalue weighted by Gasteiger charge is -2.35. The summed E-state index contributed by atoms with van der Waals surface area (Å²) in [5, 5.41) is 6.42. The number of nitrogens with zero attached hydrogens (tertiary/aromatic N) is 2. The minimum Gasteiger partial charge on any atom is -0.497 e. The van der Waals surface area contributed by atoms with Crippen LogP contribution in [0.4, 0.5) is 0 Å². The number of ether oxygens (including phenoxy) is 2. The lowest BCUT2D eigenvalue weighted by atomic mass is 9.92. The molecular formula is C18H22N4O4. The molecule has 0 saturated carbocycles. The summed E-state index contributed by atoms with van der Waals surface area (Å²) in [6.07, 6.45) is 2.45. The highest BCUT2D eigenvalue weighted by atomic mass is 16.5. The monoisotopic (exact) mass is 358 g/mol. The maximum Gasteiger partial charge on any atom is 0.340 e. The lowest BCUT2D eigenvalue weighted by molar-refractivity contribution is -0.138. The van der Waals surface area contributed by atoms with Crippen LogP contribution in [0.15, 0.2) is 23.0 Å². The number of hydrogen-bond acceptors (Lipinski definition) is 5. The van der Waals surface area contributed by atoms with Crippen molar-refractivity contribution in [1.82, 2.24) is 20.1 Å². The molecule has 0 bridgehead atoms. The molecule has 2 aromatic rings. The number of H-pyrrole nitrogens is 2. The Labute approximate surface area is 150 Å². The molecule has 2 aliphatic rings. The van der Waals surface area contributed by atoms with Gasteiger partial charge in [0.15, 0.2) is 0 Å². The molecule has 26 heavy (non-hydrogen) atoms. The smallest absolute Gasteiger partial charge is 0.340 e. The highest BCUT2D eigenvalue weighted by Gasteiger charge is 2.33. The number of hydrogen-bond donors (Lipinski definition) is 2. The third kappa shape index (κ3) is 3.18. The average molecular weight is 358 g/mol. The third-order valence-electron chi connectivity index (χ3n) is 5.16. The largest absolute Gasteiger partial charge is 0.497 e. The van der Waals surface area contributed by atoms with Crippen molar-refractivity contribution >= 4 is 5.91 Å². The van der Waals surface area contributed by atoms with E-state index in [2.05, 4.69) is 15.2 Å². The molecule has 8 heteroatoms. The summed E-state index contributed by atoms with van der Waals surface area (Å²) < 4.78 is 11.1. The quantitative estimate of drug-likeness (QED) is 0.855. The summed E-state index contributed by atoms with van der Waals surface area (Å²) in [6.45, 7) is 1.69. The summed E-state index contributed by atoms with van der Waals surface area (Å²) in [7, 11) is 1.63. The Morgan fingerprint density at radius 1 is 1.42 bits per heavy atom. The molecule has 1 aromatic carbocycles. The van der Waals surface area contributed by atoms with E-state index in [0.29, 0.717) is 25.4 Å². The van der Waals surface area contributed by atoms with Gasteiger partial charge in [0, 0.05) is 19.0 Å². The number of aromatic amines is 2. The number of carbonyl (C=O) groups excluding carboxylic acids is 1. The van der Waals surface area contributed by atoms with Crippen LogP contribution in [0.3, 0.4) is 0 Å². The fourth-order valence-corrected chi connectivity index (χ4v) is 3.79. The van der Waals surface area contributed by atoms with Gasteiger partial charge in [-0.3, -0.25) is 9.78 Å². The molecule has 2 unspecified atom stereocenters. The average Bonchev–Trinajstić information content (AvgIpc) is 3.13. The van der Waals surface area contributed by atoms with Crippen molar-refractivity contribution in [3.8, 4) is 11.5 Å². The number of aromatic nitrogens is 3. The topological polar surface area (TPSA) is 100 Å². The molecule has 1 aromatic heterocycles. The maximum absolute atomic E-state index is 13.0. The second kappa shape index (κ2) is 6.86. The van der Waals surface area contributed by atoms with E-state index in [1.54, 1.807) is 7.11 Å². The Morgan fingerprint density at radius 2 is 2.31 bits per heavy atom. The molecule has 1 amide bonds. The van der Waals surface area contributed by atoms with Gasteiger partial charge in [-0.1, -0.05) is 0 Å². The van der Waals surface area contributed by atoms with Crippen LogP contribution in [0.2, 0.25) is 0 Å².